The third kappa shape index (κ3) is 2.96. The lowest BCUT2D eigenvalue weighted by Crippen LogP contribution is -2.25. The van der Waals surface area contributed by atoms with Crippen molar-refractivity contribution in [2.75, 3.05) is 11.9 Å². The average Bonchev–Trinajstić information content (AvgIpc) is 2.91. The third-order valence-corrected chi connectivity index (χ3v) is 4.81. The van der Waals surface area contributed by atoms with Gasteiger partial charge in [-0.05, 0) is 36.9 Å². The lowest BCUT2D eigenvalue weighted by molar-refractivity contribution is -0.138. The normalized spacial score (nSPS) is 13.8. The number of benzene rings is 1. The van der Waals surface area contributed by atoms with Gasteiger partial charge in [-0.25, -0.2) is 9.97 Å². The summed E-state index contributed by atoms with van der Waals surface area (Å²) in [5.41, 5.74) is 0.175. The van der Waals surface area contributed by atoms with Crippen LogP contribution in [-0.4, -0.2) is 17.0 Å². The second-order valence-corrected chi connectivity index (χ2v) is 6.39. The molecule has 0 amide bonds. The van der Waals surface area contributed by atoms with E-state index >= 15 is 0 Å². The first kappa shape index (κ1) is 15.4. The minimum absolute atomic E-state index is 0.185. The van der Waals surface area contributed by atoms with Gasteiger partial charge in [0.25, 0.3) is 0 Å². The molecular weight excluding hydrogens is 335 g/mol. The van der Waals surface area contributed by atoms with Gasteiger partial charge in [0.05, 0.1) is 23.2 Å². The van der Waals surface area contributed by atoms with Crippen LogP contribution in [0, 0.1) is 6.92 Å². The molecule has 0 aliphatic rings. The van der Waals surface area contributed by atoms with Gasteiger partial charge in [-0.2, -0.15) is 13.2 Å². The maximum atomic E-state index is 13.3. The largest absolute Gasteiger partial charge is 0.416 e. The molecule has 1 atom stereocenters. The lowest BCUT2D eigenvalue weighted by atomic mass is 10.00. The van der Waals surface area contributed by atoms with Crippen LogP contribution in [0.25, 0.3) is 10.2 Å². The zero-order valence-corrected chi connectivity index (χ0v) is 14.2. The summed E-state index contributed by atoms with van der Waals surface area (Å²) in [6.07, 6.45) is -4.42. The van der Waals surface area contributed by atoms with Crippen molar-refractivity contribution in [2.45, 2.75) is 26.1 Å². The summed E-state index contributed by atoms with van der Waals surface area (Å²) in [6, 6.07) is 6.65. The van der Waals surface area contributed by atoms with Gasteiger partial charge >= 0.3 is 6.18 Å². The van der Waals surface area contributed by atoms with Crippen LogP contribution in [0.2, 0.25) is 0 Å². The van der Waals surface area contributed by atoms with Crippen LogP contribution in [0.15, 0.2) is 35.7 Å². The van der Waals surface area contributed by atoms with Crippen LogP contribution in [-0.2, 0) is 6.18 Å². The molecule has 0 fully saturated rings. The van der Waals surface area contributed by atoms with E-state index in [-0.39, 0.29) is 5.56 Å². The first-order valence-electron chi connectivity index (χ1n) is 7.82. The molecule has 0 aliphatic carbocycles. The summed E-state index contributed by atoms with van der Waals surface area (Å²) < 4.78 is 48.5. The summed E-state index contributed by atoms with van der Waals surface area (Å²) in [6.45, 7) is 3.44. The van der Waals surface area contributed by atoms with Crippen LogP contribution < -0.4 is 4.90 Å². The van der Waals surface area contributed by atoms with Crippen molar-refractivity contribution in [3.63, 3.8) is 0 Å². The van der Waals surface area contributed by atoms with E-state index in [1.807, 2.05) is 0 Å². The Morgan fingerprint density at radius 1 is 1.21 bits per heavy atom. The Morgan fingerprint density at radius 3 is 2.62 bits per heavy atom. The van der Waals surface area contributed by atoms with Gasteiger partial charge in [-0.15, -0.1) is 11.3 Å². The molecule has 7 heteroatoms. The summed E-state index contributed by atoms with van der Waals surface area (Å²) in [7, 11) is 1.71. The highest BCUT2D eigenvalue weighted by Crippen LogP contribution is 2.38. The van der Waals surface area contributed by atoms with Gasteiger partial charge in [0.2, 0.25) is 0 Å². The second kappa shape index (κ2) is 6.05. The molecule has 0 bridgehead atoms. The number of thiophene rings is 1. The molecule has 0 aliphatic heterocycles. The first-order valence-corrected chi connectivity index (χ1v) is 8.14. The number of fused-ring (bicyclic) bond motifs is 1. The molecule has 3 nitrogen and oxygen atoms in total. The van der Waals surface area contributed by atoms with Gasteiger partial charge < -0.3 is 4.90 Å². The van der Waals surface area contributed by atoms with Crippen LogP contribution in [0.4, 0.5) is 19.0 Å². The maximum Gasteiger partial charge on any atom is 0.416 e. The van der Waals surface area contributed by atoms with E-state index in [0.29, 0.717) is 27.2 Å². The molecule has 0 radical (unpaired) electrons. The number of halogens is 3. The quantitative estimate of drug-likeness (QED) is 0.647. The zero-order chi connectivity index (χ0) is 18.4. The van der Waals surface area contributed by atoms with Crippen molar-refractivity contribution in [3.05, 3.63) is 52.6 Å². The van der Waals surface area contributed by atoms with Crippen molar-refractivity contribution in [3.8, 4) is 0 Å². The number of rotatable bonds is 3. The molecular formula is C17H16F3N3S. The molecule has 0 saturated heterocycles. The van der Waals surface area contributed by atoms with Crippen LogP contribution >= 0.6 is 11.3 Å². The average molecular weight is 352 g/mol. The highest BCUT2D eigenvalue weighted by molar-refractivity contribution is 7.17. The van der Waals surface area contributed by atoms with Gasteiger partial charge in [-0.3, -0.25) is 0 Å². The maximum absolute atomic E-state index is 13.3. The molecule has 24 heavy (non-hydrogen) atoms. The summed E-state index contributed by atoms with van der Waals surface area (Å²) in [5, 5.41) is 0.341. The Balaban J connectivity index is 2.09. The predicted molar refractivity (Wildman–Crippen MR) is 90.4 cm³/mol. The molecule has 2 heterocycles. The third-order valence-electron chi connectivity index (χ3n) is 3.97. The fraction of sp³-hybridized carbons (Fsp3) is 0.294. The van der Waals surface area contributed by atoms with Crippen molar-refractivity contribution >= 4 is 27.4 Å². The fourth-order valence-electron chi connectivity index (χ4n) is 2.66. The number of hydrogen-bond acceptors (Lipinski definition) is 4. The second-order valence-electron chi connectivity index (χ2n) is 5.54. The Morgan fingerprint density at radius 2 is 1.92 bits per heavy atom. The number of aromatic nitrogens is 2. The molecule has 0 spiro atoms. The Hall–Kier alpha value is -2.15. The van der Waals surface area contributed by atoms with Crippen LogP contribution in [0.1, 0.15) is 31.3 Å². The van der Waals surface area contributed by atoms with E-state index in [2.05, 4.69) is 9.97 Å². The van der Waals surface area contributed by atoms with Crippen molar-refractivity contribution in [1.29, 1.82) is 0 Å². The number of nitrogens with zero attached hydrogens (tertiary/aromatic N) is 3. The number of hydrogen-bond donors (Lipinski definition) is 0. The van der Waals surface area contributed by atoms with Crippen molar-refractivity contribution < 1.29 is 14.5 Å². The van der Waals surface area contributed by atoms with Gasteiger partial charge in [0.1, 0.15) is 5.82 Å². The van der Waals surface area contributed by atoms with E-state index in [0.717, 1.165) is 6.07 Å². The topological polar surface area (TPSA) is 29.0 Å². The monoisotopic (exact) mass is 352 g/mol. The molecule has 2 aromatic heterocycles. The highest BCUT2D eigenvalue weighted by Gasteiger charge is 2.35. The molecule has 3 rings (SSSR count). The number of aryl methyl sites for hydroxylation is 1. The summed E-state index contributed by atoms with van der Waals surface area (Å²) >= 11 is 1.22. The minimum Gasteiger partial charge on any atom is -0.352 e. The van der Waals surface area contributed by atoms with Crippen LogP contribution in [0.5, 0.6) is 0 Å². The molecule has 126 valence electrons. The van der Waals surface area contributed by atoms with Gasteiger partial charge in [0, 0.05) is 7.05 Å². The zero-order valence-electron chi connectivity index (χ0n) is 14.3. The Bertz CT molecular complexity index is 923. The summed E-state index contributed by atoms with van der Waals surface area (Å²) in [4.78, 5) is 10.4. The molecule has 1 aromatic carbocycles. The predicted octanol–water partition coefficient (Wildman–Crippen LogP) is 5.22. The number of alkyl halides is 3. The minimum atomic E-state index is -4.42. The standard InChI is InChI=1S/C17H16F3N3S/c1-10(12-6-4-5-7-13(12)17(18,19)20)23(3)16-15-14(8-9-24-15)21-11(2)22-16/h4-10H,1-3H3/i9D. The molecule has 0 saturated carbocycles. The van der Waals surface area contributed by atoms with E-state index in [1.54, 1.807) is 37.9 Å². The number of anilines is 1. The van der Waals surface area contributed by atoms with Crippen LogP contribution in [0.3, 0.4) is 0 Å². The van der Waals surface area contributed by atoms with E-state index in [4.69, 9.17) is 1.37 Å². The first-order chi connectivity index (χ1) is 11.7. The molecule has 3 aromatic rings. The smallest absolute Gasteiger partial charge is 0.352 e. The highest BCUT2D eigenvalue weighted by atomic mass is 32.1. The van der Waals surface area contributed by atoms with Gasteiger partial charge in [-0.1, -0.05) is 18.2 Å². The van der Waals surface area contributed by atoms with E-state index < -0.39 is 17.8 Å². The van der Waals surface area contributed by atoms with Crippen molar-refractivity contribution in [1.82, 2.24) is 9.97 Å². The fourth-order valence-corrected chi connectivity index (χ4v) is 3.44. The van der Waals surface area contributed by atoms with E-state index in [1.165, 1.54) is 23.5 Å². The van der Waals surface area contributed by atoms with Crippen molar-refractivity contribution in [2.24, 2.45) is 0 Å². The SMILES string of the molecule is [2H]c1cc2nc(C)nc(N(C)C(C)c3ccccc3C(F)(F)F)c2s1. The summed E-state index contributed by atoms with van der Waals surface area (Å²) in [5.74, 6) is 1.05. The van der Waals surface area contributed by atoms with E-state index in [9.17, 15) is 13.2 Å². The lowest BCUT2D eigenvalue weighted by Gasteiger charge is -2.29. The molecule has 1 unspecified atom stereocenters. The van der Waals surface area contributed by atoms with Gasteiger partial charge in [0.15, 0.2) is 5.82 Å². The Labute approximate surface area is 143 Å². The Kier molecular flexibility index (Phi) is 3.88. The molecule has 0 N–H and O–H groups in total.